The van der Waals surface area contributed by atoms with Crippen molar-refractivity contribution in [2.45, 2.75) is 9.92 Å². The molecule has 0 spiro atoms. The van der Waals surface area contributed by atoms with Crippen LogP contribution in [-0.4, -0.2) is 17.1 Å². The lowest BCUT2D eigenvalue weighted by Gasteiger charge is -2.11. The predicted octanol–water partition coefficient (Wildman–Crippen LogP) is 4.62. The van der Waals surface area contributed by atoms with Gasteiger partial charge in [-0.15, -0.1) is 0 Å². The Balaban J connectivity index is 1.80. The lowest BCUT2D eigenvalue weighted by Crippen LogP contribution is -2.02. The number of methoxy groups -OCH3 is 1. The molecule has 5 nitrogen and oxygen atoms in total. The zero-order valence-corrected chi connectivity index (χ0v) is 14.4. The predicted molar refractivity (Wildman–Crippen MR) is 98.3 cm³/mol. The van der Waals surface area contributed by atoms with Crippen molar-refractivity contribution in [1.29, 1.82) is 0 Å². The molecule has 0 fully saturated rings. The minimum absolute atomic E-state index is 0.494. The number of nitrogens with one attached hydrogen (secondary N) is 1. The fourth-order valence-corrected chi connectivity index (χ4v) is 2.91. The Kier molecular flexibility index (Phi) is 5.08. The fourth-order valence-electron chi connectivity index (χ4n) is 1.99. The second-order valence-electron chi connectivity index (χ2n) is 4.85. The van der Waals surface area contributed by atoms with E-state index in [-0.39, 0.29) is 0 Å². The quantitative estimate of drug-likeness (QED) is 0.648. The van der Waals surface area contributed by atoms with Crippen molar-refractivity contribution in [1.82, 2.24) is 9.97 Å². The second kappa shape index (κ2) is 7.42. The van der Waals surface area contributed by atoms with Crippen molar-refractivity contribution in [2.24, 2.45) is 0 Å². The van der Waals surface area contributed by atoms with Crippen molar-refractivity contribution >= 4 is 40.6 Å². The van der Waals surface area contributed by atoms with Gasteiger partial charge in [-0.1, -0.05) is 23.4 Å². The second-order valence-corrected chi connectivity index (χ2v) is 6.35. The summed E-state index contributed by atoms with van der Waals surface area (Å²) in [7, 11) is 1.63. The van der Waals surface area contributed by atoms with Crippen LogP contribution in [0.5, 0.6) is 5.75 Å². The molecule has 0 aliphatic rings. The van der Waals surface area contributed by atoms with Crippen LogP contribution in [0, 0.1) is 0 Å². The minimum Gasteiger partial charge on any atom is -0.497 e. The van der Waals surface area contributed by atoms with Gasteiger partial charge in [-0.2, -0.15) is 0 Å². The number of hydrogen-bond donors (Lipinski definition) is 2. The Morgan fingerprint density at radius 1 is 1.04 bits per heavy atom. The molecule has 3 N–H and O–H groups in total. The van der Waals surface area contributed by atoms with Gasteiger partial charge in [0.05, 0.1) is 7.11 Å². The third-order valence-corrected chi connectivity index (χ3v) is 4.51. The van der Waals surface area contributed by atoms with E-state index in [1.807, 2.05) is 48.5 Å². The molecule has 0 aliphatic carbocycles. The van der Waals surface area contributed by atoms with Crippen LogP contribution in [0.1, 0.15) is 0 Å². The normalized spacial score (nSPS) is 10.4. The van der Waals surface area contributed by atoms with Crippen LogP contribution < -0.4 is 15.8 Å². The molecule has 1 aromatic heterocycles. The molecule has 1 heterocycles. The molecule has 7 heteroatoms. The largest absolute Gasteiger partial charge is 0.497 e. The maximum absolute atomic E-state index is 6.21. The number of benzene rings is 2. The summed E-state index contributed by atoms with van der Waals surface area (Å²) in [6.07, 6.45) is 1.49. The first-order chi connectivity index (χ1) is 11.7. The molecule has 24 heavy (non-hydrogen) atoms. The number of halogens is 1. The van der Waals surface area contributed by atoms with Crippen LogP contribution in [0.15, 0.2) is 64.8 Å². The number of nitrogens with zero attached hydrogens (tertiary/aromatic N) is 2. The number of ether oxygens (including phenoxy) is 1. The van der Waals surface area contributed by atoms with E-state index in [0.717, 1.165) is 16.3 Å². The molecule has 0 unspecified atom stereocenters. The number of nitrogens with two attached hydrogens (primary N) is 1. The Morgan fingerprint density at radius 3 is 2.42 bits per heavy atom. The number of hydrogen-bond acceptors (Lipinski definition) is 6. The monoisotopic (exact) mass is 358 g/mol. The highest BCUT2D eigenvalue weighted by atomic mass is 35.5. The molecule has 3 rings (SSSR count). The van der Waals surface area contributed by atoms with Crippen LogP contribution in [0.3, 0.4) is 0 Å². The summed E-state index contributed by atoms with van der Waals surface area (Å²) in [5.41, 5.74) is 7.56. The van der Waals surface area contributed by atoms with E-state index < -0.39 is 0 Å². The molecule has 122 valence electrons. The molecule has 0 bridgehead atoms. The molecule has 0 amide bonds. The molecular weight excluding hydrogens is 344 g/mol. The first kappa shape index (κ1) is 16.4. The average molecular weight is 359 g/mol. The van der Waals surface area contributed by atoms with E-state index in [1.165, 1.54) is 18.1 Å². The molecule has 2 aromatic carbocycles. The van der Waals surface area contributed by atoms with Crippen molar-refractivity contribution in [3.63, 3.8) is 0 Å². The lowest BCUT2D eigenvalue weighted by atomic mass is 10.3. The van der Waals surface area contributed by atoms with Crippen LogP contribution in [0.25, 0.3) is 0 Å². The van der Waals surface area contributed by atoms with Gasteiger partial charge in [0, 0.05) is 15.6 Å². The molecule has 3 aromatic rings. The van der Waals surface area contributed by atoms with Gasteiger partial charge in [0.25, 0.3) is 0 Å². The van der Waals surface area contributed by atoms with Gasteiger partial charge in [-0.05, 0) is 48.5 Å². The van der Waals surface area contributed by atoms with Crippen LogP contribution >= 0.6 is 23.4 Å². The van der Waals surface area contributed by atoms with Gasteiger partial charge in [-0.25, -0.2) is 9.97 Å². The van der Waals surface area contributed by atoms with Gasteiger partial charge in [-0.3, -0.25) is 0 Å². The maximum atomic E-state index is 6.21. The van der Waals surface area contributed by atoms with E-state index in [4.69, 9.17) is 22.1 Å². The average Bonchev–Trinajstić information content (AvgIpc) is 2.61. The van der Waals surface area contributed by atoms with Crippen LogP contribution in [0.4, 0.5) is 17.2 Å². The highest BCUT2D eigenvalue weighted by Crippen LogP contribution is 2.34. The summed E-state index contributed by atoms with van der Waals surface area (Å²) < 4.78 is 5.15. The first-order valence-corrected chi connectivity index (χ1v) is 8.30. The standard InChI is InChI=1S/C17H15ClN4OS/c1-23-13-6-4-12(5-7-13)22-16-15(19)17(21-10-20-16)24-14-8-2-11(18)3-9-14/h2-10H,19H2,1H3,(H,20,21,22). The third-order valence-electron chi connectivity index (χ3n) is 3.23. The van der Waals surface area contributed by atoms with E-state index in [0.29, 0.717) is 21.6 Å². The summed E-state index contributed by atoms with van der Waals surface area (Å²) in [5.74, 6) is 1.35. The van der Waals surface area contributed by atoms with E-state index in [2.05, 4.69) is 15.3 Å². The number of nitrogen functional groups attached to an aromatic ring is 1. The van der Waals surface area contributed by atoms with Crippen molar-refractivity contribution in [3.05, 3.63) is 59.9 Å². The number of anilines is 3. The van der Waals surface area contributed by atoms with Crippen LogP contribution in [0.2, 0.25) is 5.02 Å². The summed E-state index contributed by atoms with van der Waals surface area (Å²) in [6.45, 7) is 0. The molecular formula is C17H15ClN4OS. The van der Waals surface area contributed by atoms with Gasteiger partial charge in [0.15, 0.2) is 5.82 Å². The van der Waals surface area contributed by atoms with Gasteiger partial charge in [0.1, 0.15) is 22.8 Å². The summed E-state index contributed by atoms with van der Waals surface area (Å²) in [4.78, 5) is 9.48. The lowest BCUT2D eigenvalue weighted by molar-refractivity contribution is 0.415. The van der Waals surface area contributed by atoms with Gasteiger partial charge >= 0.3 is 0 Å². The number of aromatic nitrogens is 2. The van der Waals surface area contributed by atoms with Crippen LogP contribution in [-0.2, 0) is 0 Å². The van der Waals surface area contributed by atoms with Gasteiger partial charge in [0.2, 0.25) is 0 Å². The third kappa shape index (κ3) is 3.90. The first-order valence-electron chi connectivity index (χ1n) is 7.10. The van der Waals surface area contributed by atoms with Crippen molar-refractivity contribution in [2.75, 3.05) is 18.2 Å². The van der Waals surface area contributed by atoms with Crippen molar-refractivity contribution in [3.8, 4) is 5.75 Å². The molecule has 0 radical (unpaired) electrons. The maximum Gasteiger partial charge on any atom is 0.158 e. The molecule has 0 saturated carbocycles. The zero-order valence-electron chi connectivity index (χ0n) is 12.9. The van der Waals surface area contributed by atoms with Gasteiger partial charge < -0.3 is 15.8 Å². The summed E-state index contributed by atoms with van der Waals surface area (Å²) >= 11 is 7.36. The SMILES string of the molecule is COc1ccc(Nc2ncnc(Sc3ccc(Cl)cc3)c2N)cc1. The summed E-state index contributed by atoms with van der Waals surface area (Å²) in [5, 5.41) is 4.57. The van der Waals surface area contributed by atoms with E-state index >= 15 is 0 Å². The minimum atomic E-state index is 0.494. The van der Waals surface area contributed by atoms with E-state index in [1.54, 1.807) is 7.11 Å². The smallest absolute Gasteiger partial charge is 0.158 e. The molecule has 0 atom stereocenters. The highest BCUT2D eigenvalue weighted by Gasteiger charge is 2.10. The molecule has 0 aliphatic heterocycles. The Bertz CT molecular complexity index is 825. The van der Waals surface area contributed by atoms with E-state index in [9.17, 15) is 0 Å². The Labute approximate surface area is 149 Å². The zero-order chi connectivity index (χ0) is 16.9. The topological polar surface area (TPSA) is 73.1 Å². The summed E-state index contributed by atoms with van der Waals surface area (Å²) in [6, 6.07) is 15.0. The fraction of sp³-hybridized carbons (Fsp3) is 0.0588. The van der Waals surface area contributed by atoms with Crippen molar-refractivity contribution < 1.29 is 4.74 Å². The molecule has 0 saturated heterocycles. The highest BCUT2D eigenvalue weighted by molar-refractivity contribution is 7.99. The Hall–Kier alpha value is -2.44. The Morgan fingerprint density at radius 2 is 1.75 bits per heavy atom. The number of rotatable bonds is 5.